The Balaban J connectivity index is 1.41. The highest BCUT2D eigenvalue weighted by molar-refractivity contribution is 6.35. The third-order valence-electron chi connectivity index (χ3n) is 8.84. The molecule has 2 N–H and O–H groups in total. The van der Waals surface area contributed by atoms with Gasteiger partial charge in [-0.3, -0.25) is 19.5 Å². The number of nitrogens with one attached hydrogen (secondary N) is 1. The molecular weight excluding hydrogens is 593 g/mol. The molecule has 3 aromatic carbocycles. The fraction of sp³-hybridized carbons (Fsp3) is 0.417. The number of halogens is 2. The molecule has 2 aliphatic rings. The molecule has 0 radical (unpaired) electrons. The van der Waals surface area contributed by atoms with Gasteiger partial charge in [0.05, 0.1) is 12.1 Å². The number of carboxylic acids is 1. The summed E-state index contributed by atoms with van der Waals surface area (Å²) in [6.07, 6.45) is 7.62. The Bertz CT molecular complexity index is 1480. The minimum absolute atomic E-state index is 0.0990. The number of nitrogens with zero attached hydrogens (tertiary/aromatic N) is 2. The number of benzene rings is 3. The van der Waals surface area contributed by atoms with Crippen molar-refractivity contribution >= 4 is 40.8 Å². The van der Waals surface area contributed by atoms with Crippen molar-refractivity contribution in [2.75, 3.05) is 13.1 Å². The van der Waals surface area contributed by atoms with Crippen molar-refractivity contribution in [3.05, 3.63) is 93.5 Å². The molecule has 1 amide bonds. The number of rotatable bonds is 11. The van der Waals surface area contributed by atoms with E-state index >= 15 is 0 Å². The van der Waals surface area contributed by atoms with Crippen molar-refractivity contribution in [3.63, 3.8) is 0 Å². The Hall–Kier alpha value is -3.19. The van der Waals surface area contributed by atoms with Gasteiger partial charge in [0, 0.05) is 34.7 Å². The third-order valence-corrected chi connectivity index (χ3v) is 9.28. The number of aliphatic carboxylic acids is 1. The standard InChI is InChI=1S/C36H41Cl2N3O3/c1-24(2)6-15-33(27-11-13-28(14-12-27)35(44)39-19-16-34(42)43)41-23-32(40-36(41)17-4-3-5-18-36)26-9-7-25(8-10-26)29-20-30(37)22-31(38)21-29/h7-14,20-22,24,33H,3-6,15-19,23H2,1-2H3,(H,39,44)(H,42,43). The van der Waals surface area contributed by atoms with Gasteiger partial charge in [0.1, 0.15) is 5.66 Å². The van der Waals surface area contributed by atoms with Crippen LogP contribution in [0.1, 0.15) is 92.7 Å². The summed E-state index contributed by atoms with van der Waals surface area (Å²) in [5.41, 5.74) is 5.78. The zero-order valence-corrected chi connectivity index (χ0v) is 27.0. The summed E-state index contributed by atoms with van der Waals surface area (Å²) in [5.74, 6) is -0.621. The molecule has 0 saturated heterocycles. The lowest BCUT2D eigenvalue weighted by Crippen LogP contribution is -2.47. The Morgan fingerprint density at radius 1 is 0.886 bits per heavy atom. The van der Waals surface area contributed by atoms with Crippen molar-refractivity contribution in [2.24, 2.45) is 10.9 Å². The molecule has 44 heavy (non-hydrogen) atoms. The van der Waals surface area contributed by atoms with Crippen LogP contribution in [0.4, 0.5) is 0 Å². The molecule has 1 atom stereocenters. The molecule has 1 aliphatic carbocycles. The van der Waals surface area contributed by atoms with E-state index in [2.05, 4.69) is 60.5 Å². The summed E-state index contributed by atoms with van der Waals surface area (Å²) in [6.45, 7) is 5.40. The minimum Gasteiger partial charge on any atom is -0.481 e. The van der Waals surface area contributed by atoms with Crippen LogP contribution in [0, 0.1) is 5.92 Å². The number of carbonyl (C=O) groups is 2. The van der Waals surface area contributed by atoms with E-state index in [4.69, 9.17) is 33.3 Å². The van der Waals surface area contributed by atoms with Gasteiger partial charge in [-0.1, -0.05) is 79.9 Å². The number of hydrogen-bond acceptors (Lipinski definition) is 4. The van der Waals surface area contributed by atoms with Gasteiger partial charge >= 0.3 is 5.97 Å². The van der Waals surface area contributed by atoms with E-state index in [0.29, 0.717) is 21.5 Å². The van der Waals surface area contributed by atoms with E-state index in [1.807, 2.05) is 24.3 Å². The Kier molecular flexibility index (Phi) is 10.5. The van der Waals surface area contributed by atoms with Gasteiger partial charge in [0.25, 0.3) is 5.91 Å². The topological polar surface area (TPSA) is 82.0 Å². The number of aliphatic imine (C=N–C) groups is 1. The van der Waals surface area contributed by atoms with Gasteiger partial charge in [-0.25, -0.2) is 0 Å². The van der Waals surface area contributed by atoms with Crippen molar-refractivity contribution < 1.29 is 14.7 Å². The van der Waals surface area contributed by atoms with E-state index in [0.717, 1.165) is 67.5 Å². The Morgan fingerprint density at radius 2 is 1.52 bits per heavy atom. The number of amides is 1. The highest BCUT2D eigenvalue weighted by Crippen LogP contribution is 2.45. The predicted octanol–water partition coefficient (Wildman–Crippen LogP) is 8.81. The van der Waals surface area contributed by atoms with Crippen molar-refractivity contribution in [1.29, 1.82) is 0 Å². The Labute approximate surface area is 270 Å². The molecule has 1 aliphatic heterocycles. The van der Waals surface area contributed by atoms with Crippen LogP contribution in [-0.4, -0.2) is 46.3 Å². The first-order valence-corrected chi connectivity index (χ1v) is 16.4. The molecule has 1 spiro atoms. The summed E-state index contributed by atoms with van der Waals surface area (Å²) in [5, 5.41) is 12.8. The molecule has 6 nitrogen and oxygen atoms in total. The second kappa shape index (κ2) is 14.3. The molecule has 1 heterocycles. The van der Waals surface area contributed by atoms with E-state index in [-0.39, 0.29) is 30.6 Å². The largest absolute Gasteiger partial charge is 0.481 e. The average molecular weight is 635 g/mol. The monoisotopic (exact) mass is 633 g/mol. The SMILES string of the molecule is CC(C)CCC(c1ccc(C(=O)NCCC(=O)O)cc1)N1CC(c2ccc(-c3cc(Cl)cc(Cl)c3)cc2)=NC12CCCCC2. The second-order valence-electron chi connectivity index (χ2n) is 12.5. The molecule has 0 bridgehead atoms. The predicted molar refractivity (Wildman–Crippen MR) is 179 cm³/mol. The van der Waals surface area contributed by atoms with Gasteiger partial charge in [0.15, 0.2) is 0 Å². The normalized spacial score (nSPS) is 17.1. The van der Waals surface area contributed by atoms with E-state index in [1.54, 1.807) is 6.07 Å². The van der Waals surface area contributed by atoms with Crippen LogP contribution in [0.5, 0.6) is 0 Å². The van der Waals surface area contributed by atoms with Crippen LogP contribution in [0.2, 0.25) is 10.0 Å². The van der Waals surface area contributed by atoms with Crippen LogP contribution in [0.15, 0.2) is 71.7 Å². The maximum Gasteiger partial charge on any atom is 0.305 e. The summed E-state index contributed by atoms with van der Waals surface area (Å²) in [4.78, 5) is 31.6. The first-order chi connectivity index (χ1) is 21.1. The summed E-state index contributed by atoms with van der Waals surface area (Å²) >= 11 is 12.5. The summed E-state index contributed by atoms with van der Waals surface area (Å²) in [6, 6.07) is 22.2. The quantitative estimate of drug-likeness (QED) is 0.221. The summed E-state index contributed by atoms with van der Waals surface area (Å²) in [7, 11) is 0. The molecule has 3 aromatic rings. The zero-order valence-electron chi connectivity index (χ0n) is 25.5. The third kappa shape index (κ3) is 7.71. The molecule has 8 heteroatoms. The lowest BCUT2D eigenvalue weighted by atomic mass is 9.85. The van der Waals surface area contributed by atoms with Crippen molar-refractivity contribution in [2.45, 2.75) is 76.9 Å². The first-order valence-electron chi connectivity index (χ1n) is 15.7. The van der Waals surface area contributed by atoms with Crippen LogP contribution >= 0.6 is 23.2 Å². The van der Waals surface area contributed by atoms with E-state index in [1.165, 1.54) is 12.0 Å². The molecular formula is C36H41Cl2N3O3. The fourth-order valence-corrected chi connectivity index (χ4v) is 7.07. The van der Waals surface area contributed by atoms with E-state index in [9.17, 15) is 9.59 Å². The number of hydrogen-bond donors (Lipinski definition) is 2. The maximum atomic E-state index is 12.6. The van der Waals surface area contributed by atoms with E-state index < -0.39 is 5.97 Å². The lowest BCUT2D eigenvalue weighted by molar-refractivity contribution is -0.136. The molecule has 0 aromatic heterocycles. The lowest BCUT2D eigenvalue weighted by Gasteiger charge is -2.44. The Morgan fingerprint density at radius 3 is 2.14 bits per heavy atom. The minimum atomic E-state index is -0.931. The molecule has 1 unspecified atom stereocenters. The van der Waals surface area contributed by atoms with Crippen LogP contribution in [0.25, 0.3) is 11.1 Å². The maximum absolute atomic E-state index is 12.6. The van der Waals surface area contributed by atoms with Gasteiger partial charge in [0.2, 0.25) is 0 Å². The average Bonchev–Trinajstić information content (AvgIpc) is 3.35. The van der Waals surface area contributed by atoms with Gasteiger partial charge in [-0.2, -0.15) is 0 Å². The first kappa shape index (κ1) is 32.2. The van der Waals surface area contributed by atoms with Gasteiger partial charge in [-0.15, -0.1) is 0 Å². The fourth-order valence-electron chi connectivity index (χ4n) is 6.54. The number of carboxylic acid groups (broad SMARTS) is 1. The van der Waals surface area contributed by atoms with Crippen molar-refractivity contribution in [3.8, 4) is 11.1 Å². The molecule has 1 fully saturated rings. The summed E-state index contributed by atoms with van der Waals surface area (Å²) < 4.78 is 0. The van der Waals surface area contributed by atoms with Crippen molar-refractivity contribution in [1.82, 2.24) is 10.2 Å². The molecule has 232 valence electrons. The highest BCUT2D eigenvalue weighted by atomic mass is 35.5. The van der Waals surface area contributed by atoms with Crippen LogP contribution in [0.3, 0.4) is 0 Å². The highest BCUT2D eigenvalue weighted by Gasteiger charge is 2.46. The van der Waals surface area contributed by atoms with Crippen LogP contribution in [-0.2, 0) is 4.79 Å². The molecule has 5 rings (SSSR count). The van der Waals surface area contributed by atoms with Crippen LogP contribution < -0.4 is 5.32 Å². The van der Waals surface area contributed by atoms with Gasteiger partial charge < -0.3 is 10.4 Å². The number of carbonyl (C=O) groups excluding carboxylic acids is 1. The molecule has 1 saturated carbocycles. The van der Waals surface area contributed by atoms with Gasteiger partial charge in [-0.05, 0) is 97.0 Å². The smallest absolute Gasteiger partial charge is 0.305 e. The zero-order chi connectivity index (χ0) is 31.3. The second-order valence-corrected chi connectivity index (χ2v) is 13.3.